The Labute approximate surface area is 257 Å². The van der Waals surface area contributed by atoms with Gasteiger partial charge in [0, 0.05) is 31.5 Å². The molecule has 3 aromatic rings. The molecule has 2 amide bonds. The predicted octanol–water partition coefficient (Wildman–Crippen LogP) is 5.36. The minimum absolute atomic E-state index is 0.0666. The van der Waals surface area contributed by atoms with Crippen LogP contribution < -0.4 is 14.4 Å². The van der Waals surface area contributed by atoms with Crippen LogP contribution in [0.3, 0.4) is 0 Å². The molecule has 1 unspecified atom stereocenters. The average Bonchev–Trinajstić information content (AvgIpc) is 2.96. The van der Waals surface area contributed by atoms with Crippen molar-refractivity contribution in [3.05, 3.63) is 95.6 Å². The summed E-state index contributed by atoms with van der Waals surface area (Å²) in [4.78, 5) is 29.4. The van der Waals surface area contributed by atoms with Crippen LogP contribution in [0.4, 0.5) is 5.69 Å². The molecule has 0 saturated carbocycles. The molecule has 8 nitrogen and oxygen atoms in total. The Morgan fingerprint density at radius 1 is 0.907 bits per heavy atom. The topological polar surface area (TPSA) is 96.0 Å². The molecule has 0 aromatic heterocycles. The monoisotopic (exact) mass is 607 g/mol. The molecule has 0 fully saturated rings. The Balaban J connectivity index is 1.91. The number of hydrogen-bond donors (Lipinski definition) is 1. The van der Waals surface area contributed by atoms with Crippen molar-refractivity contribution in [2.75, 3.05) is 24.2 Å². The lowest BCUT2D eigenvalue weighted by Gasteiger charge is -2.34. The van der Waals surface area contributed by atoms with Gasteiger partial charge < -0.3 is 15.0 Å². The number of rotatable bonds is 14. The first kappa shape index (κ1) is 33.6. The van der Waals surface area contributed by atoms with Gasteiger partial charge in [0.2, 0.25) is 21.8 Å². The van der Waals surface area contributed by atoms with Crippen LogP contribution in [0, 0.1) is 0 Å². The number of hydrogen-bond acceptors (Lipinski definition) is 5. The summed E-state index contributed by atoms with van der Waals surface area (Å²) in [6.07, 6.45) is 2.71. The molecular formula is C34H45N3O5S. The summed E-state index contributed by atoms with van der Waals surface area (Å²) in [5.41, 5.74) is 2.92. The van der Waals surface area contributed by atoms with Crippen molar-refractivity contribution in [3.8, 4) is 5.75 Å². The smallest absolute Gasteiger partial charge is 0.243 e. The number of nitrogens with one attached hydrogen (secondary N) is 1. The molecule has 232 valence electrons. The first-order chi connectivity index (χ1) is 20.3. The molecule has 43 heavy (non-hydrogen) atoms. The lowest BCUT2D eigenvalue weighted by atomic mass is 10.00. The highest BCUT2D eigenvalue weighted by Gasteiger charge is 2.32. The van der Waals surface area contributed by atoms with E-state index in [4.69, 9.17) is 4.74 Å². The molecule has 0 aliphatic rings. The van der Waals surface area contributed by atoms with Gasteiger partial charge in [-0.25, -0.2) is 8.42 Å². The lowest BCUT2D eigenvalue weighted by molar-refractivity contribution is -0.142. The van der Waals surface area contributed by atoms with E-state index in [9.17, 15) is 18.0 Å². The fraction of sp³-hybridized carbons (Fsp3) is 0.412. The van der Waals surface area contributed by atoms with Gasteiger partial charge in [0.05, 0.1) is 19.1 Å². The second-order valence-corrected chi connectivity index (χ2v) is 13.7. The Morgan fingerprint density at radius 2 is 1.56 bits per heavy atom. The highest BCUT2D eigenvalue weighted by atomic mass is 32.2. The van der Waals surface area contributed by atoms with Crippen molar-refractivity contribution >= 4 is 27.5 Å². The van der Waals surface area contributed by atoms with Crippen LogP contribution in [0.15, 0.2) is 78.9 Å². The third-order valence-electron chi connectivity index (χ3n) is 7.04. The average molecular weight is 608 g/mol. The van der Waals surface area contributed by atoms with E-state index in [1.165, 1.54) is 10.6 Å². The quantitative estimate of drug-likeness (QED) is 0.266. The summed E-state index contributed by atoms with van der Waals surface area (Å²) in [5, 5.41) is 3.06. The van der Waals surface area contributed by atoms with Crippen molar-refractivity contribution in [3.63, 3.8) is 0 Å². The molecule has 1 N–H and O–H groups in total. The predicted molar refractivity (Wildman–Crippen MR) is 173 cm³/mol. The van der Waals surface area contributed by atoms with Gasteiger partial charge >= 0.3 is 0 Å². The van der Waals surface area contributed by atoms with Crippen molar-refractivity contribution in [2.24, 2.45) is 0 Å². The van der Waals surface area contributed by atoms with E-state index in [0.717, 1.165) is 23.1 Å². The molecule has 0 heterocycles. The molecular weight excluding hydrogens is 562 g/mol. The lowest BCUT2D eigenvalue weighted by Crippen LogP contribution is -2.54. The highest BCUT2D eigenvalue weighted by molar-refractivity contribution is 7.92. The zero-order valence-electron chi connectivity index (χ0n) is 26.2. The summed E-state index contributed by atoms with van der Waals surface area (Å²) >= 11 is 0. The molecule has 3 rings (SSSR count). The summed E-state index contributed by atoms with van der Waals surface area (Å²) in [6, 6.07) is 23.7. The maximum Gasteiger partial charge on any atom is 0.243 e. The Morgan fingerprint density at radius 3 is 2.14 bits per heavy atom. The number of carbonyl (C=O) groups is 2. The fourth-order valence-electron chi connectivity index (χ4n) is 4.88. The largest absolute Gasteiger partial charge is 0.497 e. The molecule has 3 aromatic carbocycles. The Bertz CT molecular complexity index is 1450. The zero-order chi connectivity index (χ0) is 31.6. The number of aryl methyl sites for hydroxylation is 1. The van der Waals surface area contributed by atoms with E-state index < -0.39 is 21.6 Å². The standard InChI is InChI=1S/C34H45N3O5S/c1-7-26-18-20-29(21-19-26)37(43(6,40)41)22-12-17-32(38)36(25-28-15-11-16-30(23-28)42-5)31(33(39)35-34(2,3)4)24-27-13-9-8-10-14-27/h8-11,13-16,18-21,23,31H,7,12,17,22,24-25H2,1-6H3,(H,35,39). The molecule has 0 spiro atoms. The van der Waals surface area contributed by atoms with Crippen molar-refractivity contribution < 1.29 is 22.7 Å². The molecule has 9 heteroatoms. The highest BCUT2D eigenvalue weighted by Crippen LogP contribution is 2.22. The minimum atomic E-state index is -3.57. The second-order valence-electron chi connectivity index (χ2n) is 11.8. The molecule has 0 aliphatic heterocycles. The SMILES string of the molecule is CCc1ccc(N(CCCC(=O)N(Cc2cccc(OC)c2)C(Cc2ccccc2)C(=O)NC(C)(C)C)S(C)(=O)=O)cc1. The number of amides is 2. The molecule has 1 atom stereocenters. The minimum Gasteiger partial charge on any atom is -0.497 e. The van der Waals surface area contributed by atoms with Gasteiger partial charge in [0.1, 0.15) is 11.8 Å². The van der Waals surface area contributed by atoms with Crippen LogP contribution in [0.5, 0.6) is 5.75 Å². The number of nitrogens with zero attached hydrogens (tertiary/aromatic N) is 2. The number of benzene rings is 3. The number of ether oxygens (including phenoxy) is 1. The van der Waals surface area contributed by atoms with Gasteiger partial charge in [-0.2, -0.15) is 0 Å². The molecule has 0 bridgehead atoms. The van der Waals surface area contributed by atoms with E-state index in [0.29, 0.717) is 17.9 Å². The van der Waals surface area contributed by atoms with Crippen LogP contribution in [0.1, 0.15) is 57.2 Å². The molecule has 0 saturated heterocycles. The van der Waals surface area contributed by atoms with Crippen LogP contribution in [0.25, 0.3) is 0 Å². The number of anilines is 1. The van der Waals surface area contributed by atoms with Gasteiger partial charge in [-0.3, -0.25) is 13.9 Å². The van der Waals surface area contributed by atoms with E-state index in [1.54, 1.807) is 24.1 Å². The summed E-state index contributed by atoms with van der Waals surface area (Å²) in [6.45, 7) is 8.10. The number of methoxy groups -OCH3 is 1. The van der Waals surface area contributed by atoms with Crippen molar-refractivity contribution in [1.82, 2.24) is 10.2 Å². The summed E-state index contributed by atoms with van der Waals surface area (Å²) < 4.78 is 32.1. The van der Waals surface area contributed by atoms with E-state index in [-0.39, 0.29) is 37.7 Å². The maximum absolute atomic E-state index is 14.0. The van der Waals surface area contributed by atoms with Gasteiger partial charge in [0.25, 0.3) is 0 Å². The van der Waals surface area contributed by atoms with Crippen molar-refractivity contribution in [2.45, 2.75) is 71.5 Å². The van der Waals surface area contributed by atoms with E-state index in [2.05, 4.69) is 5.32 Å². The Kier molecular flexibility index (Phi) is 11.8. The third-order valence-corrected chi connectivity index (χ3v) is 8.24. The number of sulfonamides is 1. The Hall–Kier alpha value is -3.85. The normalized spacial score (nSPS) is 12.3. The van der Waals surface area contributed by atoms with Crippen LogP contribution in [-0.2, 0) is 39.0 Å². The van der Waals surface area contributed by atoms with Crippen LogP contribution >= 0.6 is 0 Å². The van der Waals surface area contributed by atoms with Gasteiger partial charge in [-0.1, -0.05) is 61.5 Å². The molecule has 0 aliphatic carbocycles. The zero-order valence-corrected chi connectivity index (χ0v) is 27.0. The van der Waals surface area contributed by atoms with Crippen LogP contribution in [-0.4, -0.2) is 56.6 Å². The summed E-state index contributed by atoms with van der Waals surface area (Å²) in [5.74, 6) is 0.172. The first-order valence-electron chi connectivity index (χ1n) is 14.7. The summed E-state index contributed by atoms with van der Waals surface area (Å²) in [7, 11) is -1.99. The van der Waals surface area contributed by atoms with E-state index in [1.807, 2.05) is 94.4 Å². The second kappa shape index (κ2) is 15.0. The van der Waals surface area contributed by atoms with E-state index >= 15 is 0 Å². The van der Waals surface area contributed by atoms with Gasteiger partial charge in [-0.15, -0.1) is 0 Å². The number of carbonyl (C=O) groups excluding carboxylic acids is 2. The van der Waals surface area contributed by atoms with Gasteiger partial charge in [-0.05, 0) is 74.6 Å². The van der Waals surface area contributed by atoms with Gasteiger partial charge in [0.15, 0.2) is 0 Å². The first-order valence-corrected chi connectivity index (χ1v) is 16.5. The maximum atomic E-state index is 14.0. The fourth-order valence-corrected chi connectivity index (χ4v) is 5.84. The molecule has 0 radical (unpaired) electrons. The van der Waals surface area contributed by atoms with Crippen LogP contribution in [0.2, 0.25) is 0 Å². The van der Waals surface area contributed by atoms with Crippen molar-refractivity contribution in [1.29, 1.82) is 0 Å². The third kappa shape index (κ3) is 10.4.